The van der Waals surface area contributed by atoms with Gasteiger partial charge >= 0.3 is 5.97 Å². The first-order valence-electron chi connectivity index (χ1n) is 6.14. The molecular formula is C13H17NO5S. The number of nitrogens with one attached hydrogen (secondary N) is 1. The van der Waals surface area contributed by atoms with Crippen LogP contribution in [0.2, 0.25) is 0 Å². The number of hydrogen-bond donors (Lipinski definition) is 3. The van der Waals surface area contributed by atoms with Crippen LogP contribution in [-0.4, -0.2) is 30.6 Å². The van der Waals surface area contributed by atoms with Crippen LogP contribution in [0.1, 0.15) is 36.2 Å². The molecule has 0 saturated heterocycles. The quantitative estimate of drug-likeness (QED) is 0.781. The molecular weight excluding hydrogens is 282 g/mol. The molecule has 0 spiro atoms. The normalized spacial score (nSPS) is 20.6. The van der Waals surface area contributed by atoms with E-state index in [9.17, 15) is 18.3 Å². The molecule has 0 amide bonds. The van der Waals surface area contributed by atoms with Gasteiger partial charge in [0.15, 0.2) is 0 Å². The molecule has 1 aliphatic rings. The number of aromatic hydroxyl groups is 1. The molecule has 1 aromatic carbocycles. The van der Waals surface area contributed by atoms with E-state index < -0.39 is 27.3 Å². The second-order valence-electron chi connectivity index (χ2n) is 5.81. The van der Waals surface area contributed by atoms with Crippen molar-refractivity contribution in [1.29, 1.82) is 0 Å². The Morgan fingerprint density at radius 1 is 1.40 bits per heavy atom. The van der Waals surface area contributed by atoms with Gasteiger partial charge in [-0.25, -0.2) is 17.9 Å². The van der Waals surface area contributed by atoms with E-state index in [1.54, 1.807) is 0 Å². The monoisotopic (exact) mass is 299 g/mol. The highest BCUT2D eigenvalue weighted by atomic mass is 32.2. The number of benzene rings is 1. The Balaban J connectivity index is 2.41. The fraction of sp³-hybridized carbons (Fsp3) is 0.462. The molecule has 0 radical (unpaired) electrons. The molecule has 110 valence electrons. The first-order valence-corrected chi connectivity index (χ1v) is 7.62. The molecule has 0 aliphatic heterocycles. The lowest BCUT2D eigenvalue weighted by molar-refractivity contribution is 0.0693. The SMILES string of the molecule is Cc1cc(O)c(C(=O)O)cc1S(=O)(=O)NC1CC1(C)C. The standard InChI is InChI=1S/C13H17NO5S/c1-7-4-9(15)8(12(16)17)5-10(7)20(18,19)14-11-6-13(11,2)3/h4-5,11,14-15H,6H2,1-3H3,(H,16,17). The predicted octanol–water partition coefficient (Wildman–Crippen LogP) is 1.48. The van der Waals surface area contributed by atoms with E-state index in [2.05, 4.69) is 4.72 Å². The van der Waals surface area contributed by atoms with Crippen molar-refractivity contribution in [2.45, 2.75) is 38.1 Å². The number of rotatable bonds is 4. The average Bonchev–Trinajstić information content (AvgIpc) is 2.83. The summed E-state index contributed by atoms with van der Waals surface area (Å²) in [6.07, 6.45) is 0.745. The third-order valence-corrected chi connectivity index (χ3v) is 5.24. The molecule has 0 aromatic heterocycles. The Hall–Kier alpha value is -1.60. The summed E-state index contributed by atoms with van der Waals surface area (Å²) >= 11 is 0. The predicted molar refractivity (Wildman–Crippen MR) is 72.3 cm³/mol. The summed E-state index contributed by atoms with van der Waals surface area (Å²) in [6.45, 7) is 5.41. The van der Waals surface area contributed by atoms with Gasteiger partial charge in [-0.3, -0.25) is 0 Å². The fourth-order valence-electron chi connectivity index (χ4n) is 2.05. The van der Waals surface area contributed by atoms with Crippen molar-refractivity contribution in [3.63, 3.8) is 0 Å². The smallest absolute Gasteiger partial charge is 0.339 e. The third kappa shape index (κ3) is 2.64. The summed E-state index contributed by atoms with van der Waals surface area (Å²) in [4.78, 5) is 10.9. The summed E-state index contributed by atoms with van der Waals surface area (Å²) in [6, 6.07) is 2.00. The molecule has 3 N–H and O–H groups in total. The zero-order valence-electron chi connectivity index (χ0n) is 11.5. The van der Waals surface area contributed by atoms with Crippen molar-refractivity contribution in [1.82, 2.24) is 4.72 Å². The molecule has 7 heteroatoms. The van der Waals surface area contributed by atoms with Gasteiger partial charge in [-0.1, -0.05) is 13.8 Å². The minimum atomic E-state index is -3.80. The van der Waals surface area contributed by atoms with Gasteiger partial charge in [-0.05, 0) is 36.5 Å². The van der Waals surface area contributed by atoms with Crippen LogP contribution in [0.3, 0.4) is 0 Å². The van der Waals surface area contributed by atoms with Gasteiger partial charge in [-0.15, -0.1) is 0 Å². The first kappa shape index (κ1) is 14.8. The van der Waals surface area contributed by atoms with Crippen molar-refractivity contribution in [3.05, 3.63) is 23.3 Å². The number of carboxylic acid groups (broad SMARTS) is 1. The van der Waals surface area contributed by atoms with Crippen molar-refractivity contribution >= 4 is 16.0 Å². The number of carboxylic acids is 1. The zero-order valence-corrected chi connectivity index (χ0v) is 12.3. The van der Waals surface area contributed by atoms with Crippen LogP contribution in [0.15, 0.2) is 17.0 Å². The molecule has 1 atom stereocenters. The van der Waals surface area contributed by atoms with E-state index in [0.717, 1.165) is 18.6 Å². The van der Waals surface area contributed by atoms with Gasteiger partial charge in [0.25, 0.3) is 0 Å². The average molecular weight is 299 g/mol. The van der Waals surface area contributed by atoms with Crippen LogP contribution in [0.5, 0.6) is 5.75 Å². The number of carbonyl (C=O) groups is 1. The Kier molecular flexibility index (Phi) is 3.30. The Labute approximate surface area is 117 Å². The maximum atomic E-state index is 12.3. The molecule has 20 heavy (non-hydrogen) atoms. The number of hydrogen-bond acceptors (Lipinski definition) is 4. The number of aryl methyl sites for hydroxylation is 1. The molecule has 2 rings (SSSR count). The maximum Gasteiger partial charge on any atom is 0.339 e. The number of sulfonamides is 1. The zero-order chi connectivity index (χ0) is 15.3. The van der Waals surface area contributed by atoms with Crippen LogP contribution in [0.25, 0.3) is 0 Å². The minimum Gasteiger partial charge on any atom is -0.507 e. The Bertz CT molecular complexity index is 678. The van der Waals surface area contributed by atoms with E-state index in [1.807, 2.05) is 13.8 Å². The van der Waals surface area contributed by atoms with E-state index in [0.29, 0.717) is 5.56 Å². The Morgan fingerprint density at radius 2 is 1.95 bits per heavy atom. The molecule has 0 heterocycles. The lowest BCUT2D eigenvalue weighted by Crippen LogP contribution is -2.29. The van der Waals surface area contributed by atoms with Crippen LogP contribution < -0.4 is 4.72 Å². The highest BCUT2D eigenvalue weighted by molar-refractivity contribution is 7.89. The highest BCUT2D eigenvalue weighted by Crippen LogP contribution is 2.45. The lowest BCUT2D eigenvalue weighted by Gasteiger charge is -2.12. The van der Waals surface area contributed by atoms with Gasteiger partial charge in [0, 0.05) is 6.04 Å². The van der Waals surface area contributed by atoms with Crippen molar-refractivity contribution in [2.75, 3.05) is 0 Å². The number of phenols is 1. The largest absolute Gasteiger partial charge is 0.507 e. The molecule has 6 nitrogen and oxygen atoms in total. The van der Waals surface area contributed by atoms with E-state index in [1.165, 1.54) is 6.92 Å². The van der Waals surface area contributed by atoms with E-state index >= 15 is 0 Å². The molecule has 1 aromatic rings. The third-order valence-electron chi connectivity index (χ3n) is 3.62. The fourth-order valence-corrected chi connectivity index (χ4v) is 3.71. The molecule has 1 saturated carbocycles. The van der Waals surface area contributed by atoms with Gasteiger partial charge in [-0.2, -0.15) is 0 Å². The molecule has 1 aliphatic carbocycles. The number of aromatic carboxylic acids is 1. The second-order valence-corrected chi connectivity index (χ2v) is 7.49. The van der Waals surface area contributed by atoms with Crippen LogP contribution in [-0.2, 0) is 10.0 Å². The molecule has 1 unspecified atom stereocenters. The Morgan fingerprint density at radius 3 is 2.40 bits per heavy atom. The van der Waals surface area contributed by atoms with E-state index in [4.69, 9.17) is 5.11 Å². The maximum absolute atomic E-state index is 12.3. The van der Waals surface area contributed by atoms with Gasteiger partial charge in [0.05, 0.1) is 4.90 Å². The van der Waals surface area contributed by atoms with Gasteiger partial charge < -0.3 is 10.2 Å². The minimum absolute atomic E-state index is 0.0759. The van der Waals surface area contributed by atoms with Crippen molar-refractivity contribution in [3.8, 4) is 5.75 Å². The first-order chi connectivity index (χ1) is 9.04. The summed E-state index contributed by atoms with van der Waals surface area (Å²) < 4.78 is 27.1. The second kappa shape index (κ2) is 4.46. The molecule has 1 fully saturated rings. The highest BCUT2D eigenvalue weighted by Gasteiger charge is 2.48. The lowest BCUT2D eigenvalue weighted by atomic mass is 10.1. The summed E-state index contributed by atoms with van der Waals surface area (Å²) in [5.74, 6) is -1.81. The van der Waals surface area contributed by atoms with Crippen LogP contribution in [0, 0.1) is 12.3 Å². The van der Waals surface area contributed by atoms with Crippen molar-refractivity contribution in [2.24, 2.45) is 5.41 Å². The summed E-state index contributed by atoms with van der Waals surface area (Å²) in [5.41, 5.74) is -0.197. The van der Waals surface area contributed by atoms with E-state index in [-0.39, 0.29) is 16.4 Å². The summed E-state index contributed by atoms with van der Waals surface area (Å²) in [5, 5.41) is 18.5. The topological polar surface area (TPSA) is 104 Å². The van der Waals surface area contributed by atoms with Gasteiger partial charge in [0.1, 0.15) is 11.3 Å². The van der Waals surface area contributed by atoms with Crippen molar-refractivity contribution < 1.29 is 23.4 Å². The van der Waals surface area contributed by atoms with Crippen LogP contribution in [0.4, 0.5) is 0 Å². The molecule has 0 bridgehead atoms. The van der Waals surface area contributed by atoms with Gasteiger partial charge in [0.2, 0.25) is 10.0 Å². The van der Waals surface area contributed by atoms with Crippen LogP contribution >= 0.6 is 0 Å². The summed E-state index contributed by atoms with van der Waals surface area (Å²) in [7, 11) is -3.80.